The maximum Gasteiger partial charge on any atom is 0.329 e. The molecule has 12 nitrogen and oxygen atoms in total. The van der Waals surface area contributed by atoms with Gasteiger partial charge < -0.3 is 34.8 Å². The number of aliphatic carboxylic acids is 1. The van der Waals surface area contributed by atoms with Crippen LogP contribution in [-0.2, 0) is 23.7 Å². The van der Waals surface area contributed by atoms with Crippen molar-refractivity contribution in [1.82, 2.24) is 19.8 Å². The molecule has 0 spiro atoms. The molecular formula is C31H27Cl3F2N6O6. The number of aryl methyl sites for hydroxylation is 1. The Labute approximate surface area is 287 Å². The molecule has 0 radical (unpaired) electrons. The zero-order valence-electron chi connectivity index (χ0n) is 24.8. The number of carbonyl (C=O) groups is 1. The number of rotatable bonds is 9. The summed E-state index contributed by atoms with van der Waals surface area (Å²) in [6, 6.07) is 14.5. The van der Waals surface area contributed by atoms with Gasteiger partial charge in [-0.25, -0.2) is 29.1 Å². The molecule has 0 amide bonds. The number of nitrogens with zero attached hydrogens (tertiary/aromatic N) is 4. The Hall–Kier alpha value is -3.86. The van der Waals surface area contributed by atoms with Crippen LogP contribution in [0.5, 0.6) is 0 Å². The van der Waals surface area contributed by atoms with E-state index in [0.717, 1.165) is 17.1 Å². The van der Waals surface area contributed by atoms with Crippen molar-refractivity contribution < 1.29 is 37.6 Å². The molecule has 5 N–H and O–H groups in total. The van der Waals surface area contributed by atoms with Gasteiger partial charge in [0.2, 0.25) is 0 Å². The van der Waals surface area contributed by atoms with Crippen molar-refractivity contribution in [2.24, 2.45) is 11.6 Å². The van der Waals surface area contributed by atoms with Crippen molar-refractivity contribution >= 4 is 46.5 Å². The van der Waals surface area contributed by atoms with Gasteiger partial charge in [0.15, 0.2) is 18.4 Å². The molecule has 1 aromatic heterocycles. The van der Waals surface area contributed by atoms with E-state index in [9.17, 15) is 18.7 Å². The number of fused-ring (bicyclic) bond motifs is 1. The fourth-order valence-corrected chi connectivity index (χ4v) is 6.00. The quantitative estimate of drug-likeness (QED) is 0.117. The molecule has 6 rings (SSSR count). The van der Waals surface area contributed by atoms with Gasteiger partial charge in [-0.1, -0.05) is 65.1 Å². The molecule has 2 aliphatic heterocycles. The summed E-state index contributed by atoms with van der Waals surface area (Å²) in [7, 11) is 0. The van der Waals surface area contributed by atoms with Crippen molar-refractivity contribution in [3.8, 4) is 5.69 Å². The Balaban J connectivity index is 1.47. The van der Waals surface area contributed by atoms with E-state index in [2.05, 4.69) is 10.1 Å². The highest BCUT2D eigenvalue weighted by atomic mass is 35.5. The number of hydrogen-bond acceptors (Lipinski definition) is 10. The van der Waals surface area contributed by atoms with Crippen LogP contribution in [0.4, 0.5) is 8.78 Å². The van der Waals surface area contributed by atoms with Gasteiger partial charge in [0.05, 0.1) is 16.4 Å². The van der Waals surface area contributed by atoms with E-state index in [0.29, 0.717) is 22.1 Å². The van der Waals surface area contributed by atoms with E-state index in [1.54, 1.807) is 49.4 Å². The van der Waals surface area contributed by atoms with Gasteiger partial charge in [-0.05, 0) is 37.3 Å². The van der Waals surface area contributed by atoms with E-state index in [1.165, 1.54) is 10.9 Å². The van der Waals surface area contributed by atoms with Crippen LogP contribution in [0.2, 0.25) is 15.1 Å². The maximum absolute atomic E-state index is 14.3. The van der Waals surface area contributed by atoms with E-state index in [-0.39, 0.29) is 22.1 Å². The molecule has 6 unspecified atom stereocenters. The van der Waals surface area contributed by atoms with Crippen molar-refractivity contribution in [3.63, 3.8) is 0 Å². The minimum atomic E-state index is -1.29. The monoisotopic (exact) mass is 722 g/mol. The van der Waals surface area contributed by atoms with Crippen molar-refractivity contribution in [3.05, 3.63) is 116 Å². The summed E-state index contributed by atoms with van der Waals surface area (Å²) < 4.78 is 55.0. The number of aromatic nitrogens is 3. The predicted molar refractivity (Wildman–Crippen MR) is 170 cm³/mol. The molecule has 0 saturated carbocycles. The number of benzene rings is 3. The van der Waals surface area contributed by atoms with Crippen LogP contribution in [0, 0.1) is 18.6 Å². The lowest BCUT2D eigenvalue weighted by atomic mass is 9.94. The molecule has 48 heavy (non-hydrogen) atoms. The summed E-state index contributed by atoms with van der Waals surface area (Å²) in [6.45, 7) is 0.853. The molecule has 3 heterocycles. The van der Waals surface area contributed by atoms with E-state index in [4.69, 9.17) is 65.3 Å². The molecule has 0 bridgehead atoms. The molecule has 0 aliphatic carbocycles. The predicted octanol–water partition coefficient (Wildman–Crippen LogP) is 5.30. The molecule has 2 fully saturated rings. The van der Waals surface area contributed by atoms with Gasteiger partial charge in [-0.3, -0.25) is 0 Å². The third-order valence-corrected chi connectivity index (χ3v) is 8.52. The minimum Gasteiger partial charge on any atom is -0.480 e. The second kappa shape index (κ2) is 13.9. The first-order chi connectivity index (χ1) is 22.9. The Kier molecular flexibility index (Phi) is 9.88. The summed E-state index contributed by atoms with van der Waals surface area (Å²) >= 11 is 18.5. The summed E-state index contributed by atoms with van der Waals surface area (Å²) in [5.41, 5.74) is 7.05. The second-order valence-electron chi connectivity index (χ2n) is 10.9. The topological polar surface area (TPSA) is 160 Å². The van der Waals surface area contributed by atoms with E-state index < -0.39 is 66.2 Å². The Morgan fingerprint density at radius 3 is 2.48 bits per heavy atom. The Morgan fingerprint density at radius 2 is 1.79 bits per heavy atom. The molecule has 2 aliphatic rings. The van der Waals surface area contributed by atoms with Gasteiger partial charge in [0.1, 0.15) is 53.4 Å². The van der Waals surface area contributed by atoms with Crippen molar-refractivity contribution in [2.45, 2.75) is 43.9 Å². The maximum atomic E-state index is 14.3. The molecule has 252 valence electrons. The smallest absolute Gasteiger partial charge is 0.329 e. The first-order valence-corrected chi connectivity index (χ1v) is 15.4. The summed E-state index contributed by atoms with van der Waals surface area (Å²) in [6.07, 6.45) is -4.35. The minimum absolute atomic E-state index is 0.0651. The van der Waals surface area contributed by atoms with Gasteiger partial charge in [0, 0.05) is 22.3 Å². The number of carboxylic acids is 1. The van der Waals surface area contributed by atoms with Gasteiger partial charge in [-0.2, -0.15) is 5.10 Å². The van der Waals surface area contributed by atoms with Crippen molar-refractivity contribution in [2.75, 3.05) is 6.61 Å². The second-order valence-corrected chi connectivity index (χ2v) is 12.1. The summed E-state index contributed by atoms with van der Waals surface area (Å²) in [5.74, 6) is 3.73. The normalized spacial score (nSPS) is 24.0. The van der Waals surface area contributed by atoms with Crippen molar-refractivity contribution in [1.29, 1.82) is 0 Å². The van der Waals surface area contributed by atoms with Crippen LogP contribution in [0.3, 0.4) is 0 Å². The van der Waals surface area contributed by atoms with E-state index in [1.807, 2.05) is 6.07 Å². The fourth-order valence-electron chi connectivity index (χ4n) is 5.53. The number of carboxylic acid groups (broad SMARTS) is 1. The van der Waals surface area contributed by atoms with Gasteiger partial charge in [-0.15, -0.1) is 0 Å². The third-order valence-electron chi connectivity index (χ3n) is 7.61. The molecule has 2 saturated heterocycles. The van der Waals surface area contributed by atoms with Crippen LogP contribution < -0.4 is 11.6 Å². The average molecular weight is 724 g/mol. The van der Waals surface area contributed by atoms with Gasteiger partial charge in [0.25, 0.3) is 0 Å². The highest BCUT2D eigenvalue weighted by molar-refractivity contribution is 6.34. The first-order valence-electron chi connectivity index (χ1n) is 14.3. The largest absolute Gasteiger partial charge is 0.480 e. The lowest BCUT2D eigenvalue weighted by molar-refractivity contribution is -0.248. The molecule has 4 aromatic rings. The number of halogens is 5. The lowest BCUT2D eigenvalue weighted by Crippen LogP contribution is -2.62. The van der Waals surface area contributed by atoms with Crippen LogP contribution >= 0.6 is 34.8 Å². The zero-order chi connectivity index (χ0) is 34.3. The molecular weight excluding hydrogens is 697 g/mol. The fraction of sp³-hybridized carbons (Fsp3) is 0.258. The standard InChI is InChI=1S/C31H27Cl3F2N6O6/c1-14-39-29(42(40-14)22-11-17(32)7-8-18(22)33)28-26(45-13-23(43)44)25(27-31(47-28)48-30(46-27)15-5-3-2-4-6-15)41(38)12-21(37)16-9-19(35)24(34)20(36)10-16/h2-12,25-28,30-31H,13,37-38H2,1H3,(H,43,44)/b21-12-. The van der Waals surface area contributed by atoms with Crippen LogP contribution in [0.15, 0.2) is 66.9 Å². The van der Waals surface area contributed by atoms with Crippen LogP contribution in [0.25, 0.3) is 11.4 Å². The third kappa shape index (κ3) is 6.84. The summed E-state index contributed by atoms with van der Waals surface area (Å²) in [4.78, 5) is 16.4. The highest BCUT2D eigenvalue weighted by Crippen LogP contribution is 2.45. The SMILES string of the molecule is Cc1nc(C2OC3OC(c4ccccc4)OC3C(N(N)/C=C(\N)c3cc(F)c(Cl)c(F)c3)C2OCC(=O)O)n(-c2cc(Cl)ccc2Cl)n1. The Morgan fingerprint density at radius 1 is 1.08 bits per heavy atom. The van der Waals surface area contributed by atoms with E-state index >= 15 is 0 Å². The number of ether oxygens (including phenoxy) is 4. The number of hydrogen-bond donors (Lipinski definition) is 3. The number of hydrazine groups is 1. The van der Waals surface area contributed by atoms with Crippen LogP contribution in [0.1, 0.15) is 35.2 Å². The highest BCUT2D eigenvalue weighted by Gasteiger charge is 2.56. The molecule has 6 atom stereocenters. The molecule has 17 heteroatoms. The lowest BCUT2D eigenvalue weighted by Gasteiger charge is -2.45. The summed E-state index contributed by atoms with van der Waals surface area (Å²) in [5, 5.41) is 15.2. The van der Waals surface area contributed by atoms with Crippen LogP contribution in [-0.4, -0.2) is 62.0 Å². The molecule has 3 aromatic carbocycles. The first kappa shape index (κ1) is 34.0. The number of nitrogens with two attached hydrogens (primary N) is 2. The van der Waals surface area contributed by atoms with Gasteiger partial charge >= 0.3 is 5.97 Å². The Bertz CT molecular complexity index is 1840. The zero-order valence-corrected chi connectivity index (χ0v) is 27.1. The average Bonchev–Trinajstić information content (AvgIpc) is 3.66.